The van der Waals surface area contributed by atoms with Crippen LogP contribution < -0.4 is 19.1 Å². The predicted octanol–water partition coefficient (Wildman–Crippen LogP) is 5.73. The molecule has 0 aliphatic heterocycles. The maximum Gasteiger partial charge on any atom is 0.264 e. The minimum absolute atomic E-state index is 0.0260. The van der Waals surface area contributed by atoms with Crippen molar-refractivity contribution in [3.8, 4) is 11.5 Å². The lowest BCUT2D eigenvalue weighted by molar-refractivity contribution is -0.139. The van der Waals surface area contributed by atoms with Gasteiger partial charge >= 0.3 is 0 Å². The minimum Gasteiger partial charge on any atom is -0.493 e. The molecule has 236 valence electrons. The van der Waals surface area contributed by atoms with Crippen LogP contribution in [0.1, 0.15) is 50.2 Å². The van der Waals surface area contributed by atoms with Gasteiger partial charge in [-0.2, -0.15) is 0 Å². The highest BCUT2D eigenvalue weighted by Crippen LogP contribution is 2.34. The van der Waals surface area contributed by atoms with Crippen LogP contribution in [0.4, 0.5) is 5.69 Å². The monoisotopic (exact) mass is 641 g/mol. The average Bonchev–Trinajstić information content (AvgIpc) is 3.03. The normalized spacial score (nSPS) is 14.4. The van der Waals surface area contributed by atoms with E-state index in [0.717, 1.165) is 47.5 Å². The van der Waals surface area contributed by atoms with E-state index in [1.807, 2.05) is 6.92 Å². The molecule has 0 spiro atoms. The van der Waals surface area contributed by atoms with Crippen molar-refractivity contribution in [2.45, 2.75) is 69.5 Å². The zero-order chi connectivity index (χ0) is 31.9. The van der Waals surface area contributed by atoms with E-state index in [2.05, 4.69) is 5.32 Å². The molecule has 1 fully saturated rings. The van der Waals surface area contributed by atoms with Crippen molar-refractivity contribution in [1.29, 1.82) is 0 Å². The number of ether oxygens (including phenoxy) is 2. The third-order valence-electron chi connectivity index (χ3n) is 7.93. The van der Waals surface area contributed by atoms with Crippen LogP contribution in [-0.4, -0.2) is 58.0 Å². The van der Waals surface area contributed by atoms with Crippen LogP contribution >= 0.6 is 11.6 Å². The van der Waals surface area contributed by atoms with Gasteiger partial charge in [0.15, 0.2) is 11.5 Å². The maximum absolute atomic E-state index is 14.2. The number of nitrogens with zero attached hydrogens (tertiary/aromatic N) is 2. The number of sulfonamides is 1. The summed E-state index contributed by atoms with van der Waals surface area (Å²) < 4.78 is 40.0. The second-order valence-electron chi connectivity index (χ2n) is 11.0. The fraction of sp³-hybridized carbons (Fsp3) is 0.394. The van der Waals surface area contributed by atoms with Crippen LogP contribution in [0.25, 0.3) is 0 Å². The third-order valence-corrected chi connectivity index (χ3v) is 9.97. The number of nitrogens with one attached hydrogen (secondary N) is 1. The molecular formula is C33H40ClN3O6S. The Bertz CT molecular complexity index is 1540. The molecule has 4 rings (SSSR count). The van der Waals surface area contributed by atoms with E-state index in [9.17, 15) is 18.0 Å². The zero-order valence-electron chi connectivity index (χ0n) is 25.6. The van der Waals surface area contributed by atoms with Crippen LogP contribution in [0.5, 0.6) is 11.5 Å². The van der Waals surface area contributed by atoms with Gasteiger partial charge in [0.2, 0.25) is 11.8 Å². The van der Waals surface area contributed by atoms with Crippen LogP contribution in [0.15, 0.2) is 71.6 Å². The van der Waals surface area contributed by atoms with Crippen molar-refractivity contribution in [3.63, 3.8) is 0 Å². The highest BCUT2D eigenvalue weighted by atomic mass is 35.5. The Morgan fingerprint density at radius 2 is 1.57 bits per heavy atom. The second-order valence-corrected chi connectivity index (χ2v) is 13.3. The number of aryl methyl sites for hydroxylation is 1. The summed E-state index contributed by atoms with van der Waals surface area (Å²) in [5.74, 6) is -0.109. The topological polar surface area (TPSA) is 105 Å². The summed E-state index contributed by atoms with van der Waals surface area (Å²) >= 11 is 6.10. The number of benzene rings is 3. The summed E-state index contributed by atoms with van der Waals surface area (Å²) in [6, 6.07) is 17.2. The first kappa shape index (κ1) is 33.1. The summed E-state index contributed by atoms with van der Waals surface area (Å²) in [4.78, 5) is 29.1. The van der Waals surface area contributed by atoms with Gasteiger partial charge in [0.1, 0.15) is 12.6 Å². The van der Waals surface area contributed by atoms with Crippen molar-refractivity contribution in [3.05, 3.63) is 82.9 Å². The molecule has 11 heteroatoms. The maximum atomic E-state index is 14.2. The third kappa shape index (κ3) is 8.04. The Labute approximate surface area is 265 Å². The number of rotatable bonds is 12. The molecule has 1 atom stereocenters. The van der Waals surface area contributed by atoms with Crippen LogP contribution in [-0.2, 0) is 26.2 Å². The molecule has 0 unspecified atom stereocenters. The number of carbonyl (C=O) groups is 2. The molecule has 1 saturated carbocycles. The van der Waals surface area contributed by atoms with E-state index in [1.165, 1.54) is 37.3 Å². The fourth-order valence-electron chi connectivity index (χ4n) is 5.28. The SMILES string of the molecule is COc1ccc(N(CC(=O)N(Cc2ccc(Cl)cc2)[C@@H](C)C(=O)NC2CCCCC2)S(=O)(=O)c2ccc(C)cc2)cc1OC. The first-order chi connectivity index (χ1) is 21.0. The van der Waals surface area contributed by atoms with Gasteiger partial charge in [0.25, 0.3) is 10.0 Å². The van der Waals surface area contributed by atoms with Crippen molar-refractivity contribution in [1.82, 2.24) is 10.2 Å². The van der Waals surface area contributed by atoms with Gasteiger partial charge in [0, 0.05) is 23.7 Å². The number of amides is 2. The Morgan fingerprint density at radius 3 is 2.18 bits per heavy atom. The first-order valence-electron chi connectivity index (χ1n) is 14.7. The smallest absolute Gasteiger partial charge is 0.264 e. The molecule has 3 aromatic rings. The largest absolute Gasteiger partial charge is 0.493 e. The van der Waals surface area contributed by atoms with Crippen LogP contribution in [0.2, 0.25) is 5.02 Å². The van der Waals surface area contributed by atoms with E-state index < -0.39 is 28.5 Å². The summed E-state index contributed by atoms with van der Waals surface area (Å²) in [6.45, 7) is 3.06. The quantitative estimate of drug-likeness (QED) is 0.271. The Kier molecular flexibility index (Phi) is 11.2. The lowest BCUT2D eigenvalue weighted by Gasteiger charge is -2.33. The summed E-state index contributed by atoms with van der Waals surface area (Å²) in [5, 5.41) is 3.65. The molecule has 0 saturated heterocycles. The van der Waals surface area contributed by atoms with Crippen molar-refractivity contribution in [2.24, 2.45) is 0 Å². The highest BCUT2D eigenvalue weighted by Gasteiger charge is 2.33. The van der Waals surface area contributed by atoms with Gasteiger partial charge < -0.3 is 19.7 Å². The van der Waals surface area contributed by atoms with E-state index >= 15 is 0 Å². The lowest BCUT2D eigenvalue weighted by atomic mass is 9.95. The molecule has 1 N–H and O–H groups in total. The number of hydrogen-bond donors (Lipinski definition) is 1. The second kappa shape index (κ2) is 14.8. The minimum atomic E-state index is -4.22. The van der Waals surface area contributed by atoms with Gasteiger partial charge in [-0.3, -0.25) is 13.9 Å². The van der Waals surface area contributed by atoms with E-state index in [4.69, 9.17) is 21.1 Å². The number of carbonyl (C=O) groups excluding carboxylic acids is 2. The molecule has 9 nitrogen and oxygen atoms in total. The van der Waals surface area contributed by atoms with Gasteiger partial charge in [-0.25, -0.2) is 8.42 Å². The van der Waals surface area contributed by atoms with Gasteiger partial charge in [0.05, 0.1) is 24.8 Å². The summed E-state index contributed by atoms with van der Waals surface area (Å²) in [7, 11) is -1.29. The van der Waals surface area contributed by atoms with Gasteiger partial charge in [-0.15, -0.1) is 0 Å². The van der Waals surface area contributed by atoms with Crippen molar-refractivity contribution < 1.29 is 27.5 Å². The standard InChI is InChI=1S/C33H40ClN3O6S/c1-23-10-17-29(18-11-23)44(40,41)37(28-16-19-30(42-3)31(20-28)43-4)22-32(38)36(21-25-12-14-26(34)15-13-25)24(2)33(39)35-27-8-6-5-7-9-27/h10-20,24,27H,5-9,21-22H2,1-4H3,(H,35,39)/t24-/m0/s1. The molecule has 0 bridgehead atoms. The van der Waals surface area contributed by atoms with E-state index in [0.29, 0.717) is 16.5 Å². The van der Waals surface area contributed by atoms with Crippen LogP contribution in [0.3, 0.4) is 0 Å². The van der Waals surface area contributed by atoms with Crippen LogP contribution in [0, 0.1) is 6.92 Å². The molecule has 3 aromatic carbocycles. The molecule has 2 amide bonds. The fourth-order valence-corrected chi connectivity index (χ4v) is 6.82. The van der Waals surface area contributed by atoms with E-state index in [-0.39, 0.29) is 29.1 Å². The van der Waals surface area contributed by atoms with Crippen molar-refractivity contribution in [2.75, 3.05) is 25.1 Å². The Hall–Kier alpha value is -3.76. The molecular weight excluding hydrogens is 602 g/mol. The van der Waals surface area contributed by atoms with Gasteiger partial charge in [-0.1, -0.05) is 60.7 Å². The van der Waals surface area contributed by atoms with Crippen molar-refractivity contribution >= 4 is 39.1 Å². The molecule has 0 heterocycles. The van der Waals surface area contributed by atoms with Gasteiger partial charge in [-0.05, 0) is 68.7 Å². The molecule has 0 radical (unpaired) electrons. The molecule has 0 aromatic heterocycles. The highest BCUT2D eigenvalue weighted by molar-refractivity contribution is 7.92. The number of methoxy groups -OCH3 is 2. The molecule has 1 aliphatic rings. The average molecular weight is 642 g/mol. The molecule has 1 aliphatic carbocycles. The zero-order valence-corrected chi connectivity index (χ0v) is 27.2. The van der Waals surface area contributed by atoms with E-state index in [1.54, 1.807) is 55.5 Å². The Morgan fingerprint density at radius 1 is 0.932 bits per heavy atom. The summed E-state index contributed by atoms with van der Waals surface area (Å²) in [5.41, 5.74) is 1.85. The summed E-state index contributed by atoms with van der Waals surface area (Å²) in [6.07, 6.45) is 5.02. The number of anilines is 1. The number of halogens is 1. The first-order valence-corrected chi connectivity index (χ1v) is 16.5. The predicted molar refractivity (Wildman–Crippen MR) is 172 cm³/mol. The lowest BCUT2D eigenvalue weighted by Crippen LogP contribution is -2.53. The molecule has 44 heavy (non-hydrogen) atoms. The number of hydrogen-bond acceptors (Lipinski definition) is 6. The Balaban J connectivity index is 1.72.